The van der Waals surface area contributed by atoms with E-state index in [0.717, 1.165) is 0 Å². The number of hydrogen-bond acceptors (Lipinski definition) is 1. The molecule has 0 saturated carbocycles. The Hall–Kier alpha value is -0.300. The van der Waals surface area contributed by atoms with Crippen molar-refractivity contribution in [2.75, 3.05) is 13.1 Å². The summed E-state index contributed by atoms with van der Waals surface area (Å²) < 4.78 is 0. The molecule has 1 rings (SSSR count). The predicted octanol–water partition coefficient (Wildman–Crippen LogP) is 3.71. The Morgan fingerprint density at radius 3 is 2.27 bits per heavy atom. The van der Waals surface area contributed by atoms with Crippen LogP contribution in [0.2, 0.25) is 0 Å². The minimum atomic E-state index is 0.334. The van der Waals surface area contributed by atoms with Crippen molar-refractivity contribution >= 4 is 0 Å². The molecule has 0 aromatic rings. The third-order valence-corrected chi connectivity index (χ3v) is 3.35. The summed E-state index contributed by atoms with van der Waals surface area (Å²) in [5.41, 5.74) is 1.98. The first kappa shape index (κ1) is 12.8. The highest BCUT2D eigenvalue weighted by Gasteiger charge is 2.25. The maximum atomic E-state index is 2.60. The highest BCUT2D eigenvalue weighted by molar-refractivity contribution is 5.13. The van der Waals surface area contributed by atoms with Crippen LogP contribution in [-0.4, -0.2) is 24.0 Å². The quantitative estimate of drug-likeness (QED) is 0.627. The summed E-state index contributed by atoms with van der Waals surface area (Å²) >= 11 is 0. The van der Waals surface area contributed by atoms with Crippen molar-refractivity contribution in [3.8, 4) is 0 Å². The summed E-state index contributed by atoms with van der Waals surface area (Å²) in [7, 11) is 0. The lowest BCUT2D eigenvalue weighted by molar-refractivity contribution is 0.179. The van der Waals surface area contributed by atoms with Gasteiger partial charge in [-0.1, -0.05) is 39.3 Å². The van der Waals surface area contributed by atoms with Crippen LogP contribution in [0.3, 0.4) is 0 Å². The zero-order chi connectivity index (χ0) is 11.6. The smallest absolute Gasteiger partial charge is 0.00703 e. The van der Waals surface area contributed by atoms with Crippen molar-refractivity contribution in [1.82, 2.24) is 4.90 Å². The number of rotatable bonds is 2. The standard InChI is InChI=1S/C14H27N/c1-11(2)13-7-8-15(12(3)4)10-14(5,6)9-13/h9,11-12H,7-8,10H2,1-6H3. The van der Waals surface area contributed by atoms with Gasteiger partial charge in [0, 0.05) is 19.1 Å². The van der Waals surface area contributed by atoms with Gasteiger partial charge in [-0.2, -0.15) is 0 Å². The maximum absolute atomic E-state index is 2.60. The Morgan fingerprint density at radius 2 is 1.80 bits per heavy atom. The molecule has 1 heterocycles. The SMILES string of the molecule is CC(C)C1=CC(C)(C)CN(C(C)C)CC1. The lowest BCUT2D eigenvalue weighted by Crippen LogP contribution is -2.37. The summed E-state index contributed by atoms with van der Waals surface area (Å²) in [6.07, 6.45) is 3.76. The van der Waals surface area contributed by atoms with E-state index in [4.69, 9.17) is 0 Å². The van der Waals surface area contributed by atoms with E-state index in [1.165, 1.54) is 19.5 Å². The van der Waals surface area contributed by atoms with Crippen molar-refractivity contribution in [2.45, 2.75) is 54.0 Å². The van der Waals surface area contributed by atoms with Gasteiger partial charge in [-0.25, -0.2) is 0 Å². The average molecular weight is 209 g/mol. The van der Waals surface area contributed by atoms with Crippen molar-refractivity contribution in [1.29, 1.82) is 0 Å². The normalized spacial score (nSPS) is 23.1. The Balaban J connectivity index is 2.81. The van der Waals surface area contributed by atoms with Gasteiger partial charge in [-0.15, -0.1) is 0 Å². The first-order valence-electron chi connectivity index (χ1n) is 6.27. The minimum Gasteiger partial charge on any atom is -0.300 e. The molecule has 1 aliphatic rings. The molecule has 0 radical (unpaired) electrons. The summed E-state index contributed by atoms with van der Waals surface area (Å²) in [6, 6.07) is 0.671. The molecule has 0 spiro atoms. The van der Waals surface area contributed by atoms with Crippen LogP contribution in [0.15, 0.2) is 11.6 Å². The summed E-state index contributed by atoms with van der Waals surface area (Å²) in [4.78, 5) is 2.60. The Kier molecular flexibility index (Phi) is 3.99. The second-order valence-corrected chi connectivity index (χ2v) is 6.18. The molecule has 0 aromatic heterocycles. The molecule has 1 heteroatoms. The van der Waals surface area contributed by atoms with Gasteiger partial charge in [0.25, 0.3) is 0 Å². The van der Waals surface area contributed by atoms with Crippen LogP contribution in [0, 0.1) is 11.3 Å². The van der Waals surface area contributed by atoms with E-state index in [2.05, 4.69) is 52.5 Å². The molecule has 88 valence electrons. The van der Waals surface area contributed by atoms with Gasteiger partial charge < -0.3 is 0 Å². The molecule has 0 N–H and O–H groups in total. The van der Waals surface area contributed by atoms with Crippen LogP contribution < -0.4 is 0 Å². The Bertz CT molecular complexity index is 236. The van der Waals surface area contributed by atoms with E-state index in [-0.39, 0.29) is 0 Å². The van der Waals surface area contributed by atoms with Crippen molar-refractivity contribution < 1.29 is 0 Å². The predicted molar refractivity (Wildman–Crippen MR) is 68.0 cm³/mol. The van der Waals surface area contributed by atoms with Crippen LogP contribution in [0.5, 0.6) is 0 Å². The molecule has 0 saturated heterocycles. The van der Waals surface area contributed by atoms with Crippen LogP contribution in [0.1, 0.15) is 48.0 Å². The van der Waals surface area contributed by atoms with Crippen LogP contribution in [0.4, 0.5) is 0 Å². The third kappa shape index (κ3) is 3.64. The minimum absolute atomic E-state index is 0.334. The second kappa shape index (κ2) is 4.69. The fourth-order valence-corrected chi connectivity index (χ4v) is 2.39. The Morgan fingerprint density at radius 1 is 1.20 bits per heavy atom. The van der Waals surface area contributed by atoms with E-state index in [0.29, 0.717) is 17.4 Å². The van der Waals surface area contributed by atoms with E-state index in [9.17, 15) is 0 Å². The first-order valence-corrected chi connectivity index (χ1v) is 6.27. The third-order valence-electron chi connectivity index (χ3n) is 3.35. The molecule has 0 atom stereocenters. The number of nitrogens with zero attached hydrogens (tertiary/aromatic N) is 1. The molecule has 0 fully saturated rings. The van der Waals surface area contributed by atoms with Gasteiger partial charge in [0.2, 0.25) is 0 Å². The maximum Gasteiger partial charge on any atom is 0.00703 e. The molecule has 1 aliphatic heterocycles. The monoisotopic (exact) mass is 209 g/mol. The van der Waals surface area contributed by atoms with E-state index < -0.39 is 0 Å². The lowest BCUT2D eigenvalue weighted by atomic mass is 9.87. The molecule has 0 unspecified atom stereocenters. The summed E-state index contributed by atoms with van der Waals surface area (Å²) in [5, 5.41) is 0. The molecule has 0 bridgehead atoms. The van der Waals surface area contributed by atoms with E-state index in [1.807, 2.05) is 0 Å². The van der Waals surface area contributed by atoms with Crippen LogP contribution in [-0.2, 0) is 0 Å². The molecular weight excluding hydrogens is 182 g/mol. The first-order chi connectivity index (χ1) is 6.82. The molecule has 15 heavy (non-hydrogen) atoms. The molecular formula is C14H27N. The molecule has 1 nitrogen and oxygen atoms in total. The van der Waals surface area contributed by atoms with Gasteiger partial charge in [-0.05, 0) is 31.6 Å². The highest BCUT2D eigenvalue weighted by Crippen LogP contribution is 2.30. The molecule has 0 amide bonds. The fourth-order valence-electron chi connectivity index (χ4n) is 2.39. The van der Waals surface area contributed by atoms with Crippen LogP contribution in [0.25, 0.3) is 0 Å². The Labute approximate surface area is 95.5 Å². The average Bonchev–Trinajstić information content (AvgIpc) is 2.23. The van der Waals surface area contributed by atoms with Crippen molar-refractivity contribution in [2.24, 2.45) is 11.3 Å². The van der Waals surface area contributed by atoms with Gasteiger partial charge in [0.1, 0.15) is 0 Å². The van der Waals surface area contributed by atoms with Crippen molar-refractivity contribution in [3.63, 3.8) is 0 Å². The van der Waals surface area contributed by atoms with Crippen LogP contribution >= 0.6 is 0 Å². The fraction of sp³-hybridized carbons (Fsp3) is 0.857. The van der Waals surface area contributed by atoms with E-state index >= 15 is 0 Å². The van der Waals surface area contributed by atoms with Gasteiger partial charge >= 0.3 is 0 Å². The van der Waals surface area contributed by atoms with Crippen molar-refractivity contribution in [3.05, 3.63) is 11.6 Å². The summed E-state index contributed by atoms with van der Waals surface area (Å²) in [6.45, 7) is 16.4. The topological polar surface area (TPSA) is 3.24 Å². The lowest BCUT2D eigenvalue weighted by Gasteiger charge is -2.31. The summed E-state index contributed by atoms with van der Waals surface area (Å²) in [5.74, 6) is 0.705. The highest BCUT2D eigenvalue weighted by atomic mass is 15.1. The number of hydrogen-bond donors (Lipinski definition) is 0. The molecule has 0 aliphatic carbocycles. The second-order valence-electron chi connectivity index (χ2n) is 6.18. The van der Waals surface area contributed by atoms with Gasteiger partial charge in [0.05, 0.1) is 0 Å². The van der Waals surface area contributed by atoms with Gasteiger partial charge in [-0.3, -0.25) is 4.90 Å². The zero-order valence-electron chi connectivity index (χ0n) is 11.3. The van der Waals surface area contributed by atoms with E-state index in [1.54, 1.807) is 5.57 Å². The zero-order valence-corrected chi connectivity index (χ0v) is 11.3. The van der Waals surface area contributed by atoms with Gasteiger partial charge in [0.15, 0.2) is 0 Å². The largest absolute Gasteiger partial charge is 0.300 e. The molecule has 0 aromatic carbocycles.